The van der Waals surface area contributed by atoms with Gasteiger partial charge in [0.2, 0.25) is 5.95 Å². The highest BCUT2D eigenvalue weighted by atomic mass is 16.2. The van der Waals surface area contributed by atoms with E-state index in [4.69, 9.17) is 11.5 Å². The van der Waals surface area contributed by atoms with Crippen molar-refractivity contribution in [3.05, 3.63) is 65.4 Å². The number of anilines is 1. The van der Waals surface area contributed by atoms with Gasteiger partial charge in [-0.2, -0.15) is 0 Å². The number of carbonyl (C=O) groups is 1. The van der Waals surface area contributed by atoms with Gasteiger partial charge in [-0.15, -0.1) is 0 Å². The Labute approximate surface area is 206 Å². The van der Waals surface area contributed by atoms with E-state index >= 15 is 0 Å². The van der Waals surface area contributed by atoms with Crippen LogP contribution in [0.4, 0.5) is 5.95 Å². The fraction of sp³-hybridized carbons (Fsp3) is 0.360. The molecule has 35 heavy (non-hydrogen) atoms. The van der Waals surface area contributed by atoms with Crippen molar-refractivity contribution in [1.29, 1.82) is 0 Å². The minimum atomic E-state index is -0.297. The third-order valence-electron chi connectivity index (χ3n) is 5.33. The van der Waals surface area contributed by atoms with Crippen molar-refractivity contribution in [3.8, 4) is 11.3 Å². The number of nitrogens with one attached hydrogen (secondary N) is 4. The highest BCUT2D eigenvalue weighted by Crippen LogP contribution is 2.28. The molecule has 1 unspecified atom stereocenters. The van der Waals surface area contributed by atoms with Crippen LogP contribution >= 0.6 is 0 Å². The first-order valence-corrected chi connectivity index (χ1v) is 11.5. The summed E-state index contributed by atoms with van der Waals surface area (Å²) in [6.45, 7) is 7.47. The number of rotatable bonds is 7. The Morgan fingerprint density at radius 2 is 2.09 bits per heavy atom. The smallest absolute Gasteiger partial charge is 0.269 e. The summed E-state index contributed by atoms with van der Waals surface area (Å²) in [5, 5.41) is 12.7. The number of aliphatic imine (C=N–C) groups is 1. The van der Waals surface area contributed by atoms with Gasteiger partial charge in [-0.1, -0.05) is 12.1 Å². The fourth-order valence-corrected chi connectivity index (χ4v) is 3.60. The number of nitrogens with two attached hydrogens (primary N) is 2. The topological polar surface area (TPSA) is 155 Å². The normalized spacial score (nSPS) is 17.0. The Morgan fingerprint density at radius 3 is 2.80 bits per heavy atom. The Bertz CT molecular complexity index is 1130. The van der Waals surface area contributed by atoms with Gasteiger partial charge in [-0.25, -0.2) is 9.97 Å². The summed E-state index contributed by atoms with van der Waals surface area (Å²) in [6, 6.07) is 7.83. The maximum Gasteiger partial charge on any atom is 0.269 e. The Kier molecular flexibility index (Phi) is 8.43. The molecule has 10 heteroatoms. The molecule has 3 rings (SSSR count). The number of nitrogens with zero attached hydrogens (tertiary/aromatic N) is 3. The molecule has 8 N–H and O–H groups in total. The first-order valence-electron chi connectivity index (χ1n) is 11.5. The van der Waals surface area contributed by atoms with Gasteiger partial charge in [-0.3, -0.25) is 9.79 Å². The monoisotopic (exact) mass is 477 g/mol. The average molecular weight is 478 g/mol. The second-order valence-corrected chi connectivity index (χ2v) is 9.30. The van der Waals surface area contributed by atoms with Crippen LogP contribution in [0.15, 0.2) is 59.2 Å². The van der Waals surface area contributed by atoms with Crippen molar-refractivity contribution in [1.82, 2.24) is 25.9 Å². The molecule has 1 aliphatic heterocycles. The first kappa shape index (κ1) is 25.7. The first-order chi connectivity index (χ1) is 16.7. The van der Waals surface area contributed by atoms with Crippen LogP contribution in [-0.2, 0) is 11.3 Å². The number of benzene rings is 1. The summed E-state index contributed by atoms with van der Waals surface area (Å²) in [5.74, 6) is 0.123. The number of amides is 1. The van der Waals surface area contributed by atoms with E-state index in [1.807, 2.05) is 39.0 Å². The summed E-state index contributed by atoms with van der Waals surface area (Å²) in [5.41, 5.74) is 16.1. The van der Waals surface area contributed by atoms with E-state index in [9.17, 15) is 4.79 Å². The van der Waals surface area contributed by atoms with E-state index in [-0.39, 0.29) is 23.2 Å². The van der Waals surface area contributed by atoms with Crippen LogP contribution in [0.1, 0.15) is 44.4 Å². The van der Waals surface area contributed by atoms with Gasteiger partial charge in [0.25, 0.3) is 5.91 Å². The molecule has 1 atom stereocenters. The molecule has 1 aromatic carbocycles. The molecule has 0 aliphatic carbocycles. The lowest BCUT2D eigenvalue weighted by Crippen LogP contribution is -2.36. The molecular formula is C25H35N9O. The van der Waals surface area contributed by atoms with Gasteiger partial charge in [0.1, 0.15) is 5.70 Å². The molecule has 1 amide bonds. The van der Waals surface area contributed by atoms with Crippen LogP contribution in [-0.4, -0.2) is 41.2 Å². The highest BCUT2D eigenvalue weighted by Gasteiger charge is 2.22. The summed E-state index contributed by atoms with van der Waals surface area (Å²) in [6.07, 6.45) is 7.02. The van der Waals surface area contributed by atoms with Crippen molar-refractivity contribution in [2.75, 3.05) is 18.9 Å². The standard InChI is InChI=1S/C25H35N9O/c1-25(2,3)31-15-20(27)23(35)33-22-7-9-29-13-17-11-16(5-6-19(17)22)21-8-10-30-24(34-21)32-18(12-26)14-28-4/h5-6,8,10-12,14-15,22,29,31H,7,9,13,26-27H2,1-4H3,(H,33,35)(H,30,32,34)/b18-12?,20-15-,28-14?. The molecule has 186 valence electrons. The maximum absolute atomic E-state index is 12.7. The quantitative estimate of drug-likeness (QED) is 0.261. The van der Waals surface area contributed by atoms with Crippen LogP contribution in [0.25, 0.3) is 11.3 Å². The van der Waals surface area contributed by atoms with E-state index in [1.165, 1.54) is 6.20 Å². The second kappa shape index (κ2) is 11.5. The summed E-state index contributed by atoms with van der Waals surface area (Å²) in [7, 11) is 1.66. The maximum atomic E-state index is 12.7. The zero-order valence-corrected chi connectivity index (χ0v) is 20.7. The van der Waals surface area contributed by atoms with Crippen molar-refractivity contribution in [2.24, 2.45) is 16.5 Å². The summed E-state index contributed by atoms with van der Waals surface area (Å²) >= 11 is 0. The van der Waals surface area contributed by atoms with Gasteiger partial charge in [-0.05, 0) is 57.0 Å². The minimum Gasteiger partial charge on any atom is -0.403 e. The molecule has 2 heterocycles. The molecule has 1 aliphatic rings. The van der Waals surface area contributed by atoms with Gasteiger partial charge in [0.05, 0.1) is 17.4 Å². The van der Waals surface area contributed by atoms with Crippen LogP contribution in [0.2, 0.25) is 0 Å². The molecule has 0 saturated carbocycles. The predicted octanol–water partition coefficient (Wildman–Crippen LogP) is 1.90. The number of hydrogen-bond donors (Lipinski definition) is 6. The third kappa shape index (κ3) is 7.28. The zero-order chi connectivity index (χ0) is 25.4. The molecule has 1 aromatic heterocycles. The molecule has 2 aromatic rings. The van der Waals surface area contributed by atoms with E-state index < -0.39 is 0 Å². The third-order valence-corrected chi connectivity index (χ3v) is 5.33. The van der Waals surface area contributed by atoms with Crippen LogP contribution in [0, 0.1) is 0 Å². The van der Waals surface area contributed by atoms with Crippen LogP contribution < -0.4 is 32.7 Å². The van der Waals surface area contributed by atoms with Crippen molar-refractivity contribution >= 4 is 18.1 Å². The summed E-state index contributed by atoms with van der Waals surface area (Å²) in [4.78, 5) is 25.6. The van der Waals surface area contributed by atoms with E-state index in [2.05, 4.69) is 42.3 Å². The summed E-state index contributed by atoms with van der Waals surface area (Å²) < 4.78 is 0. The molecule has 0 bridgehead atoms. The van der Waals surface area contributed by atoms with Crippen molar-refractivity contribution in [3.63, 3.8) is 0 Å². The van der Waals surface area contributed by atoms with Crippen molar-refractivity contribution in [2.45, 2.75) is 45.3 Å². The van der Waals surface area contributed by atoms with Crippen LogP contribution in [0.3, 0.4) is 0 Å². The number of fused-ring (bicyclic) bond motifs is 1. The van der Waals surface area contributed by atoms with E-state index in [0.29, 0.717) is 18.2 Å². The van der Waals surface area contributed by atoms with Gasteiger partial charge in [0.15, 0.2) is 0 Å². The molecule has 10 nitrogen and oxygen atoms in total. The Morgan fingerprint density at radius 1 is 1.29 bits per heavy atom. The predicted molar refractivity (Wildman–Crippen MR) is 140 cm³/mol. The average Bonchev–Trinajstić information content (AvgIpc) is 3.03. The van der Waals surface area contributed by atoms with Crippen molar-refractivity contribution < 1.29 is 4.79 Å². The number of allylic oxidation sites excluding steroid dienone is 1. The Balaban J connectivity index is 1.82. The number of aromatic nitrogens is 2. The largest absolute Gasteiger partial charge is 0.403 e. The van der Waals surface area contributed by atoms with Crippen LogP contribution in [0.5, 0.6) is 0 Å². The molecular weight excluding hydrogens is 442 g/mol. The highest BCUT2D eigenvalue weighted by molar-refractivity contribution is 5.92. The van der Waals surface area contributed by atoms with E-state index in [1.54, 1.807) is 25.7 Å². The lowest BCUT2D eigenvalue weighted by atomic mass is 9.96. The zero-order valence-electron chi connectivity index (χ0n) is 20.7. The molecule has 0 fully saturated rings. The van der Waals surface area contributed by atoms with Gasteiger partial charge in [0, 0.05) is 49.5 Å². The van der Waals surface area contributed by atoms with Gasteiger partial charge < -0.3 is 32.7 Å². The lowest BCUT2D eigenvalue weighted by Gasteiger charge is -2.21. The Hall–Kier alpha value is -3.92. The second-order valence-electron chi connectivity index (χ2n) is 9.30. The van der Waals surface area contributed by atoms with E-state index in [0.717, 1.165) is 35.3 Å². The number of hydrogen-bond acceptors (Lipinski definition) is 9. The van der Waals surface area contributed by atoms with Gasteiger partial charge >= 0.3 is 0 Å². The fourth-order valence-electron chi connectivity index (χ4n) is 3.60. The SMILES string of the molecule is CN=CC(=CN)Nc1nccc(-c2ccc3c(c2)CNCCC3NC(=O)/C(N)=C/NC(C)(C)C)n1. The molecule has 0 spiro atoms. The molecule has 0 saturated heterocycles. The lowest BCUT2D eigenvalue weighted by molar-refractivity contribution is -0.118. The minimum absolute atomic E-state index is 0.148. The number of carbonyl (C=O) groups excluding carboxylic acids is 1. The molecule has 0 radical (unpaired) electrons.